The van der Waals surface area contributed by atoms with Gasteiger partial charge in [-0.25, -0.2) is 4.99 Å². The Morgan fingerprint density at radius 1 is 1.14 bits per heavy atom. The van der Waals surface area contributed by atoms with Gasteiger partial charge in [0.05, 0.1) is 6.61 Å². The van der Waals surface area contributed by atoms with Crippen LogP contribution in [0.3, 0.4) is 0 Å². The first-order chi connectivity index (χ1) is 6.17. The van der Waals surface area contributed by atoms with Gasteiger partial charge in [0.1, 0.15) is 0 Å². The van der Waals surface area contributed by atoms with Crippen molar-refractivity contribution < 1.29 is 31.1 Å². The second-order valence-electron chi connectivity index (χ2n) is 2.56. The largest absolute Gasteiger partial charge is 0.479 e. The van der Waals surface area contributed by atoms with E-state index in [-0.39, 0.29) is 6.61 Å². The highest BCUT2D eigenvalue weighted by Gasteiger charge is 2.83. The van der Waals surface area contributed by atoms with Crippen LogP contribution in [0.25, 0.3) is 0 Å². The van der Waals surface area contributed by atoms with Gasteiger partial charge >= 0.3 is 17.9 Å². The maximum absolute atomic E-state index is 12.1. The van der Waals surface area contributed by atoms with Crippen molar-refractivity contribution in [1.29, 1.82) is 0 Å². The van der Waals surface area contributed by atoms with Crippen LogP contribution in [0.5, 0.6) is 0 Å². The summed E-state index contributed by atoms with van der Waals surface area (Å²) < 4.78 is 76.4. The lowest BCUT2D eigenvalue weighted by molar-refractivity contribution is -0.260. The molecule has 1 aliphatic rings. The van der Waals surface area contributed by atoms with Gasteiger partial charge in [0, 0.05) is 0 Å². The first kappa shape index (κ1) is 11.1. The predicted molar refractivity (Wildman–Crippen MR) is 33.9 cm³/mol. The van der Waals surface area contributed by atoms with E-state index in [9.17, 15) is 26.3 Å². The normalized spacial score (nSPS) is 20.4. The number of alkyl halides is 6. The molecule has 0 spiro atoms. The van der Waals surface area contributed by atoms with Gasteiger partial charge < -0.3 is 4.74 Å². The quantitative estimate of drug-likeness (QED) is 0.622. The van der Waals surface area contributed by atoms with Crippen molar-refractivity contribution in [3.05, 3.63) is 0 Å². The van der Waals surface area contributed by atoms with Crippen LogP contribution in [0.4, 0.5) is 26.3 Å². The summed E-state index contributed by atoms with van der Waals surface area (Å²) in [6.07, 6.45) is -11.0. The first-order valence-corrected chi connectivity index (χ1v) is 3.53. The monoisotopic (exact) mass is 221 g/mol. The minimum Gasteiger partial charge on any atom is -0.479 e. The van der Waals surface area contributed by atoms with Crippen molar-refractivity contribution in [2.75, 3.05) is 6.61 Å². The zero-order valence-corrected chi connectivity index (χ0v) is 6.83. The van der Waals surface area contributed by atoms with E-state index in [0.717, 1.165) is 0 Å². The average molecular weight is 221 g/mol. The third-order valence-electron chi connectivity index (χ3n) is 1.63. The molecule has 2 nitrogen and oxygen atoms in total. The highest BCUT2D eigenvalue weighted by molar-refractivity contribution is 6.01. The molecule has 0 bridgehead atoms. The lowest BCUT2D eigenvalue weighted by atomic mass is 10.1. The number of halogens is 6. The summed E-state index contributed by atoms with van der Waals surface area (Å²) in [6.45, 7) is 0.991. The molecule has 0 radical (unpaired) electrons. The van der Waals surface area contributed by atoms with Gasteiger partial charge in [-0.3, -0.25) is 0 Å². The van der Waals surface area contributed by atoms with Crippen LogP contribution in [-0.4, -0.2) is 30.4 Å². The standard InChI is InChI=1S/C6H5F6NO/c1-2-14-3-4(13-3,5(7,8)9)6(10,11)12/h2H2,1H3. The number of rotatable bonds is 1. The molecule has 0 fully saturated rings. The molecule has 0 aromatic rings. The van der Waals surface area contributed by atoms with Crippen molar-refractivity contribution in [2.24, 2.45) is 4.99 Å². The smallest absolute Gasteiger partial charge is 0.431 e. The summed E-state index contributed by atoms with van der Waals surface area (Å²) in [6, 6.07) is 0. The molecule has 0 aromatic carbocycles. The van der Waals surface area contributed by atoms with Crippen LogP contribution in [0, 0.1) is 0 Å². The Labute approximate surface area is 74.6 Å². The van der Waals surface area contributed by atoms with Crippen molar-refractivity contribution in [1.82, 2.24) is 0 Å². The Hall–Kier alpha value is -0.950. The molecule has 0 amide bonds. The van der Waals surface area contributed by atoms with E-state index >= 15 is 0 Å². The Kier molecular flexibility index (Phi) is 2.20. The molecule has 14 heavy (non-hydrogen) atoms. The Bertz CT molecular complexity index is 250. The minimum absolute atomic E-state index is 0.285. The number of hydrogen-bond donors (Lipinski definition) is 0. The van der Waals surface area contributed by atoms with E-state index in [2.05, 4.69) is 9.73 Å². The van der Waals surface area contributed by atoms with Crippen LogP contribution in [-0.2, 0) is 4.74 Å². The molecular weight excluding hydrogens is 216 g/mol. The number of hydrogen-bond acceptors (Lipinski definition) is 2. The molecule has 1 heterocycles. The highest BCUT2D eigenvalue weighted by Crippen LogP contribution is 2.54. The van der Waals surface area contributed by atoms with E-state index in [0.29, 0.717) is 0 Å². The van der Waals surface area contributed by atoms with Crippen LogP contribution >= 0.6 is 0 Å². The molecule has 82 valence electrons. The van der Waals surface area contributed by atoms with Crippen LogP contribution in [0.1, 0.15) is 6.92 Å². The van der Waals surface area contributed by atoms with Gasteiger partial charge in [-0.15, -0.1) is 0 Å². The van der Waals surface area contributed by atoms with Crippen molar-refractivity contribution >= 4 is 5.90 Å². The van der Waals surface area contributed by atoms with Gasteiger partial charge in [0.25, 0.3) is 0 Å². The topological polar surface area (TPSA) is 21.6 Å². The molecule has 0 atom stereocenters. The molecular formula is C6H5F6NO. The molecule has 8 heteroatoms. The third kappa shape index (κ3) is 1.32. The zero-order chi connectivity index (χ0) is 11.2. The fourth-order valence-corrected chi connectivity index (χ4v) is 0.928. The maximum Gasteiger partial charge on any atom is 0.431 e. The van der Waals surface area contributed by atoms with E-state index in [1.807, 2.05) is 0 Å². The van der Waals surface area contributed by atoms with Crippen LogP contribution in [0.15, 0.2) is 4.99 Å². The Morgan fingerprint density at radius 3 is 1.79 bits per heavy atom. The second kappa shape index (κ2) is 2.77. The summed E-state index contributed by atoms with van der Waals surface area (Å²) >= 11 is 0. The summed E-state index contributed by atoms with van der Waals surface area (Å²) in [7, 11) is 0. The molecule has 0 N–H and O–H groups in total. The van der Waals surface area contributed by atoms with Gasteiger partial charge in [-0.05, 0) is 6.92 Å². The van der Waals surface area contributed by atoms with Crippen molar-refractivity contribution in [3.8, 4) is 0 Å². The van der Waals surface area contributed by atoms with Gasteiger partial charge in [-0.2, -0.15) is 26.3 Å². The lowest BCUT2D eigenvalue weighted by Gasteiger charge is -2.20. The second-order valence-corrected chi connectivity index (χ2v) is 2.56. The number of ether oxygens (including phenoxy) is 1. The van der Waals surface area contributed by atoms with E-state index in [1.54, 1.807) is 0 Å². The minimum atomic E-state index is -5.49. The van der Waals surface area contributed by atoms with Crippen LogP contribution < -0.4 is 0 Å². The number of aliphatic imine (C=N–C) groups is 1. The van der Waals surface area contributed by atoms with Gasteiger partial charge in [0.15, 0.2) is 0 Å². The van der Waals surface area contributed by atoms with Gasteiger partial charge in [-0.1, -0.05) is 0 Å². The summed E-state index contributed by atoms with van der Waals surface area (Å²) in [5.41, 5.74) is -4.09. The summed E-state index contributed by atoms with van der Waals surface area (Å²) in [5, 5.41) is 0. The fourth-order valence-electron chi connectivity index (χ4n) is 0.928. The molecule has 1 aliphatic heterocycles. The van der Waals surface area contributed by atoms with Crippen molar-refractivity contribution in [3.63, 3.8) is 0 Å². The Morgan fingerprint density at radius 2 is 1.57 bits per heavy atom. The average Bonchev–Trinajstić information content (AvgIpc) is 2.60. The first-order valence-electron chi connectivity index (χ1n) is 3.53. The highest BCUT2D eigenvalue weighted by atomic mass is 19.4. The summed E-state index contributed by atoms with van der Waals surface area (Å²) in [4.78, 5) is 2.36. The van der Waals surface area contributed by atoms with E-state index in [1.165, 1.54) is 6.92 Å². The molecule has 0 aliphatic carbocycles. The van der Waals surface area contributed by atoms with E-state index < -0.39 is 23.8 Å². The number of nitrogens with zero attached hydrogens (tertiary/aromatic N) is 1. The zero-order valence-electron chi connectivity index (χ0n) is 6.83. The lowest BCUT2D eigenvalue weighted by Crippen LogP contribution is -2.50. The molecule has 0 saturated carbocycles. The fraction of sp³-hybridized carbons (Fsp3) is 0.833. The molecule has 0 unspecified atom stereocenters. The molecule has 0 aromatic heterocycles. The SMILES string of the molecule is CCOC1=NC1(C(F)(F)F)C(F)(F)F. The van der Waals surface area contributed by atoms with E-state index in [4.69, 9.17) is 0 Å². The van der Waals surface area contributed by atoms with Crippen molar-refractivity contribution in [2.45, 2.75) is 24.8 Å². The third-order valence-corrected chi connectivity index (χ3v) is 1.63. The molecule has 0 saturated heterocycles. The Balaban J connectivity index is 2.90. The van der Waals surface area contributed by atoms with Crippen LogP contribution in [0.2, 0.25) is 0 Å². The predicted octanol–water partition coefficient (Wildman–Crippen LogP) is 2.30. The van der Waals surface area contributed by atoms with Gasteiger partial charge in [0.2, 0.25) is 5.90 Å². The maximum atomic E-state index is 12.1. The molecule has 1 rings (SSSR count). The summed E-state index contributed by atoms with van der Waals surface area (Å²) in [5.74, 6) is -1.31.